The standard InChI is InChI=1S/C20H21N3O/c24-20(21-12-10-15-6-2-1-3-7-15)23-13-11-19-17(14-23)16-8-4-5-9-18(16)22-19/h1-9,22H,10-14H2,(H,21,24). The average Bonchev–Trinajstić information content (AvgIpc) is 3.00. The molecule has 2 amide bonds. The fourth-order valence-electron chi connectivity index (χ4n) is 3.41. The van der Waals surface area contributed by atoms with E-state index in [0.717, 1.165) is 24.9 Å². The van der Waals surface area contributed by atoms with Crippen LogP contribution >= 0.6 is 0 Å². The first kappa shape index (κ1) is 14.8. The first-order valence-electron chi connectivity index (χ1n) is 8.46. The number of H-pyrrole nitrogens is 1. The van der Waals surface area contributed by atoms with E-state index in [1.807, 2.05) is 29.2 Å². The van der Waals surface area contributed by atoms with Crippen molar-refractivity contribution in [3.05, 3.63) is 71.4 Å². The second kappa shape index (κ2) is 6.40. The summed E-state index contributed by atoms with van der Waals surface area (Å²) >= 11 is 0. The van der Waals surface area contributed by atoms with Crippen LogP contribution in [0.25, 0.3) is 10.9 Å². The lowest BCUT2D eigenvalue weighted by atomic mass is 10.0. The van der Waals surface area contributed by atoms with E-state index >= 15 is 0 Å². The topological polar surface area (TPSA) is 48.1 Å². The normalized spacial score (nSPS) is 13.8. The van der Waals surface area contributed by atoms with Gasteiger partial charge in [0.1, 0.15) is 0 Å². The van der Waals surface area contributed by atoms with E-state index in [0.29, 0.717) is 13.1 Å². The van der Waals surface area contributed by atoms with E-state index in [2.05, 4.69) is 40.6 Å². The van der Waals surface area contributed by atoms with Crippen LogP contribution in [0.3, 0.4) is 0 Å². The maximum atomic E-state index is 12.5. The molecule has 1 aliphatic rings. The Bertz CT molecular complexity index is 854. The summed E-state index contributed by atoms with van der Waals surface area (Å²) in [5, 5.41) is 4.28. The third-order valence-corrected chi connectivity index (χ3v) is 4.70. The maximum absolute atomic E-state index is 12.5. The number of carbonyl (C=O) groups excluding carboxylic acids is 1. The molecule has 0 saturated carbocycles. The van der Waals surface area contributed by atoms with Crippen LogP contribution in [0.15, 0.2) is 54.6 Å². The second-order valence-corrected chi connectivity index (χ2v) is 6.27. The maximum Gasteiger partial charge on any atom is 0.317 e. The highest BCUT2D eigenvalue weighted by atomic mass is 16.2. The minimum absolute atomic E-state index is 0.0295. The van der Waals surface area contributed by atoms with Crippen molar-refractivity contribution in [3.8, 4) is 0 Å². The summed E-state index contributed by atoms with van der Waals surface area (Å²) in [5.41, 5.74) is 4.93. The van der Waals surface area contributed by atoms with Gasteiger partial charge >= 0.3 is 6.03 Å². The van der Waals surface area contributed by atoms with Crippen molar-refractivity contribution in [2.45, 2.75) is 19.4 Å². The zero-order valence-electron chi connectivity index (χ0n) is 13.6. The highest BCUT2D eigenvalue weighted by Crippen LogP contribution is 2.27. The van der Waals surface area contributed by atoms with Gasteiger partial charge in [-0.25, -0.2) is 4.79 Å². The van der Waals surface area contributed by atoms with Crippen molar-refractivity contribution in [1.82, 2.24) is 15.2 Å². The lowest BCUT2D eigenvalue weighted by Gasteiger charge is -2.27. The van der Waals surface area contributed by atoms with Gasteiger partial charge in [0.25, 0.3) is 0 Å². The van der Waals surface area contributed by atoms with Gasteiger partial charge in [0.05, 0.1) is 0 Å². The summed E-state index contributed by atoms with van der Waals surface area (Å²) in [5.74, 6) is 0. The third kappa shape index (κ3) is 2.87. The van der Waals surface area contributed by atoms with E-state index in [-0.39, 0.29) is 6.03 Å². The molecule has 4 rings (SSSR count). The minimum atomic E-state index is 0.0295. The number of para-hydroxylation sites is 1. The molecule has 1 aliphatic heterocycles. The number of benzene rings is 2. The summed E-state index contributed by atoms with van der Waals surface area (Å²) in [4.78, 5) is 17.9. The lowest BCUT2D eigenvalue weighted by molar-refractivity contribution is 0.192. The number of fused-ring (bicyclic) bond motifs is 3. The molecule has 122 valence electrons. The van der Waals surface area contributed by atoms with E-state index in [1.54, 1.807) is 0 Å². The number of carbonyl (C=O) groups is 1. The van der Waals surface area contributed by atoms with Crippen molar-refractivity contribution in [2.24, 2.45) is 0 Å². The predicted molar refractivity (Wildman–Crippen MR) is 96.0 cm³/mol. The molecule has 2 heterocycles. The molecular weight excluding hydrogens is 298 g/mol. The number of hydrogen-bond acceptors (Lipinski definition) is 1. The molecule has 4 heteroatoms. The van der Waals surface area contributed by atoms with E-state index in [1.165, 1.54) is 22.2 Å². The molecule has 0 aliphatic carbocycles. The van der Waals surface area contributed by atoms with Gasteiger partial charge in [0.15, 0.2) is 0 Å². The number of nitrogens with zero attached hydrogens (tertiary/aromatic N) is 1. The summed E-state index contributed by atoms with van der Waals surface area (Å²) in [6.07, 6.45) is 1.74. The fraction of sp³-hybridized carbons (Fsp3) is 0.250. The smallest absolute Gasteiger partial charge is 0.317 e. The summed E-state index contributed by atoms with van der Waals surface area (Å²) in [6.45, 7) is 2.10. The zero-order valence-corrected chi connectivity index (χ0v) is 13.6. The molecule has 2 aromatic carbocycles. The van der Waals surface area contributed by atoms with Crippen LogP contribution in [-0.2, 0) is 19.4 Å². The molecule has 3 aromatic rings. The van der Waals surface area contributed by atoms with Crippen LogP contribution < -0.4 is 5.32 Å². The van der Waals surface area contributed by atoms with Crippen molar-refractivity contribution < 1.29 is 4.79 Å². The van der Waals surface area contributed by atoms with Gasteiger partial charge in [0.2, 0.25) is 0 Å². The summed E-state index contributed by atoms with van der Waals surface area (Å²) < 4.78 is 0. The number of urea groups is 1. The molecular formula is C20H21N3O. The van der Waals surface area contributed by atoms with Gasteiger partial charge in [-0.1, -0.05) is 48.5 Å². The van der Waals surface area contributed by atoms with Crippen LogP contribution in [0.4, 0.5) is 4.79 Å². The van der Waals surface area contributed by atoms with Crippen molar-refractivity contribution in [2.75, 3.05) is 13.1 Å². The third-order valence-electron chi connectivity index (χ3n) is 4.70. The molecule has 0 unspecified atom stereocenters. The number of rotatable bonds is 3. The minimum Gasteiger partial charge on any atom is -0.358 e. The number of aromatic amines is 1. The van der Waals surface area contributed by atoms with E-state index in [9.17, 15) is 4.79 Å². The molecule has 2 N–H and O–H groups in total. The Morgan fingerprint density at radius 2 is 1.88 bits per heavy atom. The average molecular weight is 319 g/mol. The van der Waals surface area contributed by atoms with E-state index in [4.69, 9.17) is 0 Å². The molecule has 0 radical (unpaired) electrons. The Morgan fingerprint density at radius 1 is 1.08 bits per heavy atom. The first-order valence-corrected chi connectivity index (χ1v) is 8.46. The molecule has 4 nitrogen and oxygen atoms in total. The Kier molecular flexibility index (Phi) is 3.95. The van der Waals surface area contributed by atoms with Crippen LogP contribution in [0, 0.1) is 0 Å². The van der Waals surface area contributed by atoms with Crippen LogP contribution in [0.2, 0.25) is 0 Å². The highest BCUT2D eigenvalue weighted by Gasteiger charge is 2.23. The van der Waals surface area contributed by atoms with Crippen molar-refractivity contribution in [1.29, 1.82) is 0 Å². The Balaban J connectivity index is 1.40. The molecule has 0 atom stereocenters. The molecule has 0 spiro atoms. The number of hydrogen-bond donors (Lipinski definition) is 2. The Morgan fingerprint density at radius 3 is 2.75 bits per heavy atom. The summed E-state index contributed by atoms with van der Waals surface area (Å²) in [7, 11) is 0. The van der Waals surface area contributed by atoms with Gasteiger partial charge in [-0.3, -0.25) is 0 Å². The first-order chi connectivity index (χ1) is 11.8. The van der Waals surface area contributed by atoms with Gasteiger partial charge in [-0.05, 0) is 18.1 Å². The van der Waals surface area contributed by atoms with Crippen LogP contribution in [0.1, 0.15) is 16.8 Å². The summed E-state index contributed by atoms with van der Waals surface area (Å²) in [6, 6.07) is 18.6. The fourth-order valence-corrected chi connectivity index (χ4v) is 3.41. The van der Waals surface area contributed by atoms with Crippen molar-refractivity contribution in [3.63, 3.8) is 0 Å². The Hall–Kier alpha value is -2.75. The molecule has 1 aromatic heterocycles. The number of aromatic nitrogens is 1. The van der Waals surface area contributed by atoms with Crippen LogP contribution in [0.5, 0.6) is 0 Å². The Labute approximate surface area is 141 Å². The van der Waals surface area contributed by atoms with Gasteiger partial charge in [-0.2, -0.15) is 0 Å². The molecule has 0 saturated heterocycles. The van der Waals surface area contributed by atoms with E-state index < -0.39 is 0 Å². The highest BCUT2D eigenvalue weighted by molar-refractivity contribution is 5.85. The predicted octanol–water partition coefficient (Wildman–Crippen LogP) is 3.48. The van der Waals surface area contributed by atoms with Gasteiger partial charge in [0, 0.05) is 48.2 Å². The van der Waals surface area contributed by atoms with Gasteiger partial charge in [-0.15, -0.1) is 0 Å². The lowest BCUT2D eigenvalue weighted by Crippen LogP contribution is -2.43. The molecule has 0 fully saturated rings. The quantitative estimate of drug-likeness (QED) is 0.763. The van der Waals surface area contributed by atoms with Crippen molar-refractivity contribution >= 4 is 16.9 Å². The second-order valence-electron chi connectivity index (χ2n) is 6.27. The van der Waals surface area contributed by atoms with Crippen LogP contribution in [-0.4, -0.2) is 29.0 Å². The SMILES string of the molecule is O=C(NCCc1ccccc1)N1CCc2[nH]c3ccccc3c2C1. The number of nitrogens with one attached hydrogen (secondary N) is 2. The monoisotopic (exact) mass is 319 g/mol. The molecule has 0 bridgehead atoms. The number of amides is 2. The van der Waals surface area contributed by atoms with Gasteiger partial charge < -0.3 is 15.2 Å². The zero-order chi connectivity index (χ0) is 16.4. The largest absolute Gasteiger partial charge is 0.358 e. The molecule has 24 heavy (non-hydrogen) atoms.